The van der Waals surface area contributed by atoms with Crippen LogP contribution in [0.4, 0.5) is 0 Å². The smallest absolute Gasteiger partial charge is 0.550 e. The normalized spacial score (nSPS) is 11.7. The maximum atomic E-state index is 11.8. The second kappa shape index (κ2) is 122. The molecule has 0 unspecified atom stereocenters. The summed E-state index contributed by atoms with van der Waals surface area (Å²) in [6.45, 7) is 11.3. The van der Waals surface area contributed by atoms with Gasteiger partial charge in [0.2, 0.25) is 29.5 Å². The van der Waals surface area contributed by atoms with Gasteiger partial charge in [-0.15, -0.1) is 0 Å². The molecule has 0 aliphatic heterocycles. The Labute approximate surface area is 933 Å². The van der Waals surface area contributed by atoms with Gasteiger partial charge in [-0.2, -0.15) is 0 Å². The van der Waals surface area contributed by atoms with Crippen LogP contribution in [0.3, 0.4) is 0 Å². The average molecular weight is 2110 g/mol. The van der Waals surface area contributed by atoms with E-state index >= 15 is 0 Å². The van der Waals surface area contributed by atoms with Crippen molar-refractivity contribution in [1.29, 1.82) is 0 Å². The maximum absolute atomic E-state index is 11.8. The van der Waals surface area contributed by atoms with E-state index in [0.29, 0.717) is 19.3 Å². The van der Waals surface area contributed by atoms with E-state index in [0.717, 1.165) is 96.3 Å². The number of hydrogen-bond acceptors (Lipinski definition) is 17. The second-order valence-corrected chi connectivity index (χ2v) is 40.4. The van der Waals surface area contributed by atoms with E-state index in [2.05, 4.69) is 61.2 Å². The minimum atomic E-state index is -1.31. The number of carboxylic acids is 10. The van der Waals surface area contributed by atoms with Gasteiger partial charge in [0.25, 0.3) is 0 Å². The number of carbonyl (C=O) groups excluding carboxylic acids is 7. The molecule has 850 valence electrons. The maximum Gasteiger partial charge on any atom is 1.00 e. The van der Waals surface area contributed by atoms with Gasteiger partial charge in [-0.1, -0.05) is 484 Å². The van der Waals surface area contributed by atoms with Crippen molar-refractivity contribution in [2.24, 2.45) is 0 Å². The third kappa shape index (κ3) is 129. The van der Waals surface area contributed by atoms with Gasteiger partial charge in [0, 0.05) is 63.3 Å². The van der Waals surface area contributed by atoms with Gasteiger partial charge in [-0.25, -0.2) is 24.0 Å². The molecule has 30 nitrogen and oxygen atoms in total. The third-order valence-corrected chi connectivity index (χ3v) is 26.4. The zero-order valence-corrected chi connectivity index (χ0v) is 98.0. The molecule has 0 saturated heterocycles. The van der Waals surface area contributed by atoms with Crippen molar-refractivity contribution in [3.8, 4) is 0 Å². The van der Waals surface area contributed by atoms with E-state index in [1.165, 1.54) is 385 Å². The molecule has 32 heteroatoms. The zero-order chi connectivity index (χ0) is 109. The average Bonchev–Trinajstić information content (AvgIpc) is 0.953. The molecule has 0 aromatic heterocycles. The number of hydrogen-bond donors (Lipinski definition) is 13. The van der Waals surface area contributed by atoms with E-state index in [4.69, 9.17) is 40.9 Å². The van der Waals surface area contributed by atoms with Crippen molar-refractivity contribution >= 4 is 89.2 Å². The van der Waals surface area contributed by atoms with Crippen LogP contribution in [-0.2, 0) is 71.9 Å². The number of carbonyl (C=O) groups is 15. The largest absolute Gasteiger partial charge is 1.00 e. The SMILES string of the molecule is CCCCCCCCCCCCCCCCCC(=O)N[C@@H](CCC(=O)O)C(=O)O.CCCCCCCCCCCCCCCCCC(=O)N[C@@H](CCC(=O)O)C(=O)O.CCCCCCCCCCCCCCCCCC(=O)N[C@@H](CCC(=O)O)C(=O)O.CCCCCCCCCCCCCCCCCC(=O)N[C@@H](CCC(=O)[O-])C(=O)O.CCCCCCCCCCCCCCCCCC(=O)N[C@@H](CCC(=O)[O-])C(=O)O.[Na+].[Na+]. The quantitative estimate of drug-likeness (QED) is 0.0199. The molecule has 0 heterocycles. The fourth-order valence-corrected chi connectivity index (χ4v) is 17.2. The summed E-state index contributed by atoms with van der Waals surface area (Å²) >= 11 is 0. The molecular formula is C115H213N5Na2O25. The van der Waals surface area contributed by atoms with Crippen molar-refractivity contribution in [2.45, 2.75) is 643 Å². The molecule has 147 heavy (non-hydrogen) atoms. The van der Waals surface area contributed by atoms with Crippen molar-refractivity contribution in [3.05, 3.63) is 0 Å². The molecule has 0 aromatic carbocycles. The Hall–Kier alpha value is -5.95. The number of unbranched alkanes of at least 4 members (excludes halogenated alkanes) is 70. The van der Waals surface area contributed by atoms with Crippen LogP contribution in [0.15, 0.2) is 0 Å². The molecule has 0 aromatic rings. The Bertz CT molecular complexity index is 2670. The van der Waals surface area contributed by atoms with Crippen molar-refractivity contribution in [2.75, 3.05) is 0 Å². The Morgan fingerprint density at radius 2 is 0.252 bits per heavy atom. The molecule has 0 radical (unpaired) electrons. The fourth-order valence-electron chi connectivity index (χ4n) is 17.2. The van der Waals surface area contributed by atoms with Gasteiger partial charge in [-0.05, 0) is 77.0 Å². The van der Waals surface area contributed by atoms with E-state index in [1.54, 1.807) is 0 Å². The van der Waals surface area contributed by atoms with Gasteiger partial charge < -0.3 is 87.2 Å². The number of amides is 5. The summed E-state index contributed by atoms with van der Waals surface area (Å²) in [4.78, 5) is 167. The zero-order valence-electron chi connectivity index (χ0n) is 94.0. The molecule has 0 aliphatic carbocycles. The second-order valence-electron chi connectivity index (χ2n) is 40.4. The number of aliphatic carboxylic acids is 10. The van der Waals surface area contributed by atoms with Crippen LogP contribution >= 0.6 is 0 Å². The molecule has 0 rings (SSSR count). The van der Waals surface area contributed by atoms with Gasteiger partial charge in [-0.3, -0.25) is 38.4 Å². The molecule has 0 saturated carbocycles. The number of rotatable bonds is 105. The van der Waals surface area contributed by atoms with Crippen LogP contribution < -0.4 is 95.9 Å². The van der Waals surface area contributed by atoms with Crippen molar-refractivity contribution in [3.63, 3.8) is 0 Å². The third-order valence-electron chi connectivity index (χ3n) is 26.4. The molecular weight excluding hydrogens is 1900 g/mol. The predicted octanol–water partition coefficient (Wildman–Crippen LogP) is 19.7. The predicted molar refractivity (Wildman–Crippen MR) is 575 cm³/mol. The van der Waals surface area contributed by atoms with Crippen molar-refractivity contribution in [1.82, 2.24) is 26.6 Å². The molecule has 0 aliphatic rings. The monoisotopic (exact) mass is 2110 g/mol. The molecule has 0 spiro atoms. The first kappa shape index (κ1) is 154. The van der Waals surface area contributed by atoms with Crippen molar-refractivity contribution < 1.29 is 182 Å². The van der Waals surface area contributed by atoms with Crippen LogP contribution in [0.1, 0.15) is 612 Å². The summed E-state index contributed by atoms with van der Waals surface area (Å²) < 4.78 is 0. The summed E-state index contributed by atoms with van der Waals surface area (Å²) in [5.41, 5.74) is 0. The minimum absolute atomic E-state index is 0. The van der Waals surface area contributed by atoms with Crippen LogP contribution in [0, 0.1) is 0 Å². The van der Waals surface area contributed by atoms with Gasteiger partial charge in [0.1, 0.15) is 30.2 Å². The van der Waals surface area contributed by atoms with Crippen LogP contribution in [0.25, 0.3) is 0 Å². The standard InChI is InChI=1S/5C23H43NO5.2Na/c5*1-2-3-4-5-6-7-8-9-10-11-12-13-14-15-16-17-21(25)24-20(23(28)29)18-19-22(26)27;;/h5*20H,2-19H2,1H3,(H,24,25)(H,26,27)(H,28,29);;/q;;;;;2*+1/p-2/t5*20-;;/m00000../s1. The summed E-state index contributed by atoms with van der Waals surface area (Å²) in [6.07, 6.45) is 93.3. The topological polar surface area (TPSA) is 524 Å². The number of carboxylic acid groups (broad SMARTS) is 10. The van der Waals surface area contributed by atoms with E-state index in [9.17, 15) is 82.1 Å². The number of nitrogens with one attached hydrogen (secondary N) is 5. The summed E-state index contributed by atoms with van der Waals surface area (Å²) in [5.74, 6) is -13.4. The summed E-state index contributed by atoms with van der Waals surface area (Å²) in [5, 5.41) is 104. The van der Waals surface area contributed by atoms with E-state index in [-0.39, 0.29) is 166 Å². The first-order valence-corrected chi connectivity index (χ1v) is 58.5. The van der Waals surface area contributed by atoms with Crippen LogP contribution in [0.2, 0.25) is 0 Å². The summed E-state index contributed by atoms with van der Waals surface area (Å²) in [7, 11) is 0. The van der Waals surface area contributed by atoms with Gasteiger partial charge >= 0.3 is 107 Å². The minimum Gasteiger partial charge on any atom is -0.550 e. The van der Waals surface area contributed by atoms with E-state index in [1.807, 2.05) is 0 Å². The molecule has 5 amide bonds. The Balaban J connectivity index is -0.000000332. The Morgan fingerprint density at radius 3 is 0.340 bits per heavy atom. The van der Waals surface area contributed by atoms with E-state index < -0.39 is 89.9 Å². The fraction of sp³-hybridized carbons (Fsp3) is 0.870. The first-order chi connectivity index (χ1) is 69.8. The van der Waals surface area contributed by atoms with Gasteiger partial charge in [0.15, 0.2) is 0 Å². The molecule has 0 fully saturated rings. The van der Waals surface area contributed by atoms with Crippen LogP contribution in [-0.4, -0.2) is 160 Å². The molecule has 0 bridgehead atoms. The molecule has 13 N–H and O–H groups in total. The summed E-state index contributed by atoms with van der Waals surface area (Å²) in [6, 6.07) is -5.66. The first-order valence-electron chi connectivity index (χ1n) is 58.5. The Morgan fingerprint density at radius 1 is 0.156 bits per heavy atom. The Kier molecular flexibility index (Phi) is 128. The van der Waals surface area contributed by atoms with Crippen LogP contribution in [0.5, 0.6) is 0 Å². The van der Waals surface area contributed by atoms with Gasteiger partial charge in [0.05, 0.1) is 0 Å². The molecule has 5 atom stereocenters.